The van der Waals surface area contributed by atoms with Crippen LogP contribution in [0.5, 0.6) is 0 Å². The molecule has 2 aromatic heterocycles. The van der Waals surface area contributed by atoms with E-state index >= 15 is 0 Å². The number of carbonyl (C=O) groups is 2. The zero-order valence-corrected chi connectivity index (χ0v) is 16.3. The maximum absolute atomic E-state index is 12.6. The first-order chi connectivity index (χ1) is 13.5. The van der Waals surface area contributed by atoms with Gasteiger partial charge in [0.25, 0.3) is 0 Å². The number of aromatic nitrogens is 2. The Labute approximate surface area is 168 Å². The second-order valence-corrected chi connectivity index (χ2v) is 7.44. The van der Waals surface area contributed by atoms with Crippen LogP contribution in [0.25, 0.3) is 5.65 Å². The molecule has 1 aliphatic rings. The lowest BCUT2D eigenvalue weighted by Crippen LogP contribution is -2.41. The number of pyridine rings is 1. The summed E-state index contributed by atoms with van der Waals surface area (Å²) in [6.45, 7) is 2.52. The number of hydrogen-bond acceptors (Lipinski definition) is 3. The zero-order valence-electron chi connectivity index (χ0n) is 15.6. The van der Waals surface area contributed by atoms with E-state index in [0.29, 0.717) is 18.1 Å². The Hall–Kier alpha value is -2.86. The van der Waals surface area contributed by atoms with Crippen molar-refractivity contribution in [3.05, 3.63) is 70.6 Å². The number of nitrogens with one attached hydrogen (secondary N) is 1. The van der Waals surface area contributed by atoms with Crippen LogP contribution in [0.1, 0.15) is 36.2 Å². The minimum absolute atomic E-state index is 0.00969. The number of nitrogens with zero attached hydrogens (tertiary/aromatic N) is 3. The van der Waals surface area contributed by atoms with Crippen LogP contribution in [0.2, 0.25) is 5.02 Å². The first-order valence-corrected chi connectivity index (χ1v) is 9.64. The van der Waals surface area contributed by atoms with Gasteiger partial charge in [0, 0.05) is 25.9 Å². The summed E-state index contributed by atoms with van der Waals surface area (Å²) < 4.78 is 1.83. The number of halogens is 1. The predicted molar refractivity (Wildman–Crippen MR) is 107 cm³/mol. The summed E-state index contributed by atoms with van der Waals surface area (Å²) >= 11 is 5.99. The van der Waals surface area contributed by atoms with Gasteiger partial charge < -0.3 is 14.6 Å². The van der Waals surface area contributed by atoms with E-state index in [4.69, 9.17) is 11.6 Å². The summed E-state index contributed by atoms with van der Waals surface area (Å²) in [6.07, 6.45) is 4.67. The smallest absolute Gasteiger partial charge is 0.222 e. The average Bonchev–Trinajstić information content (AvgIpc) is 3.08. The number of amides is 2. The van der Waals surface area contributed by atoms with Crippen LogP contribution in [0.4, 0.5) is 0 Å². The van der Waals surface area contributed by atoms with Gasteiger partial charge in [0.15, 0.2) is 0 Å². The lowest BCUT2D eigenvalue weighted by atomic mass is 9.90. The van der Waals surface area contributed by atoms with Crippen LogP contribution in [0.15, 0.2) is 48.8 Å². The second-order valence-electron chi connectivity index (χ2n) is 7.00. The van der Waals surface area contributed by atoms with E-state index in [2.05, 4.69) is 16.4 Å². The Morgan fingerprint density at radius 3 is 2.86 bits per heavy atom. The summed E-state index contributed by atoms with van der Waals surface area (Å²) in [5.41, 5.74) is 3.79. The first kappa shape index (κ1) is 18.5. The van der Waals surface area contributed by atoms with Gasteiger partial charge in [-0.2, -0.15) is 0 Å². The molecule has 2 amide bonds. The standard InChI is InChI=1S/C21H21ClN4O2/c1-14(27)26-9-8-15-4-2-3-5-18(15)19(26)10-21(28)23-11-17-13-25-12-16(22)6-7-20(25)24-17/h2-7,12-13,19H,8-11H2,1H3,(H,23,28). The lowest BCUT2D eigenvalue weighted by Gasteiger charge is -2.36. The van der Waals surface area contributed by atoms with Crippen LogP contribution in [0.3, 0.4) is 0 Å². The molecule has 0 saturated heterocycles. The number of rotatable bonds is 4. The molecule has 0 radical (unpaired) electrons. The molecule has 3 aromatic rings. The van der Waals surface area contributed by atoms with Crippen LogP contribution < -0.4 is 5.32 Å². The van der Waals surface area contributed by atoms with Gasteiger partial charge in [-0.3, -0.25) is 9.59 Å². The van der Waals surface area contributed by atoms with Gasteiger partial charge in [-0.25, -0.2) is 4.98 Å². The highest BCUT2D eigenvalue weighted by Gasteiger charge is 2.30. The van der Waals surface area contributed by atoms with Crippen LogP contribution in [-0.4, -0.2) is 32.6 Å². The molecule has 1 N–H and O–H groups in total. The Bertz CT molecular complexity index is 1050. The first-order valence-electron chi connectivity index (χ1n) is 9.26. The van der Waals surface area contributed by atoms with Gasteiger partial charge in [0.1, 0.15) is 5.65 Å². The molecule has 1 aromatic carbocycles. The van der Waals surface area contributed by atoms with Gasteiger partial charge in [-0.15, -0.1) is 0 Å². The molecule has 0 aliphatic carbocycles. The van der Waals surface area contributed by atoms with E-state index in [1.54, 1.807) is 24.1 Å². The number of fused-ring (bicyclic) bond motifs is 2. The van der Waals surface area contributed by atoms with Gasteiger partial charge in [-0.1, -0.05) is 35.9 Å². The Balaban J connectivity index is 1.46. The number of benzene rings is 1. The van der Waals surface area contributed by atoms with Crippen molar-refractivity contribution in [3.63, 3.8) is 0 Å². The van der Waals surface area contributed by atoms with Crippen molar-refractivity contribution in [1.29, 1.82) is 0 Å². The molecule has 144 valence electrons. The highest BCUT2D eigenvalue weighted by Crippen LogP contribution is 2.32. The lowest BCUT2D eigenvalue weighted by molar-refractivity contribution is -0.133. The van der Waals surface area contributed by atoms with Crippen molar-refractivity contribution < 1.29 is 9.59 Å². The molecular weight excluding hydrogens is 376 g/mol. The molecule has 0 bridgehead atoms. The number of imidazole rings is 1. The summed E-state index contributed by atoms with van der Waals surface area (Å²) in [6, 6.07) is 11.4. The summed E-state index contributed by atoms with van der Waals surface area (Å²) in [5.74, 6) is -0.118. The molecule has 6 nitrogen and oxygen atoms in total. The van der Waals surface area contributed by atoms with E-state index in [9.17, 15) is 9.59 Å². The maximum Gasteiger partial charge on any atom is 0.222 e. The topological polar surface area (TPSA) is 66.7 Å². The Morgan fingerprint density at radius 2 is 2.04 bits per heavy atom. The minimum atomic E-state index is -0.234. The van der Waals surface area contributed by atoms with Crippen molar-refractivity contribution in [1.82, 2.24) is 19.6 Å². The Morgan fingerprint density at radius 1 is 1.21 bits per heavy atom. The van der Waals surface area contributed by atoms with Gasteiger partial charge in [0.2, 0.25) is 11.8 Å². The molecule has 0 spiro atoms. The molecule has 3 heterocycles. The van der Waals surface area contributed by atoms with E-state index in [1.165, 1.54) is 5.56 Å². The fourth-order valence-electron chi connectivity index (χ4n) is 3.79. The summed E-state index contributed by atoms with van der Waals surface area (Å²) in [4.78, 5) is 31.0. The minimum Gasteiger partial charge on any atom is -0.350 e. The van der Waals surface area contributed by atoms with Crippen LogP contribution in [0, 0.1) is 0 Å². The number of hydrogen-bond donors (Lipinski definition) is 1. The Kier molecular flexibility index (Phi) is 5.05. The van der Waals surface area contributed by atoms with E-state index in [1.807, 2.05) is 34.9 Å². The zero-order chi connectivity index (χ0) is 19.7. The molecule has 0 saturated carbocycles. The fourth-order valence-corrected chi connectivity index (χ4v) is 3.96. The molecule has 1 atom stereocenters. The van der Waals surface area contributed by atoms with E-state index < -0.39 is 0 Å². The third-order valence-corrected chi connectivity index (χ3v) is 5.35. The number of carbonyl (C=O) groups excluding carboxylic acids is 2. The average molecular weight is 397 g/mol. The van der Waals surface area contributed by atoms with Crippen molar-refractivity contribution in [3.8, 4) is 0 Å². The molecule has 1 unspecified atom stereocenters. The van der Waals surface area contributed by atoms with E-state index in [0.717, 1.165) is 23.3 Å². The summed E-state index contributed by atoms with van der Waals surface area (Å²) in [5, 5.41) is 3.55. The van der Waals surface area contributed by atoms with Crippen molar-refractivity contribution in [2.75, 3.05) is 6.54 Å². The van der Waals surface area contributed by atoms with Gasteiger partial charge >= 0.3 is 0 Å². The molecular formula is C21H21ClN4O2. The molecule has 0 fully saturated rings. The predicted octanol–water partition coefficient (Wildman–Crippen LogP) is 3.14. The molecule has 1 aliphatic heterocycles. The normalized spacial score (nSPS) is 16.1. The van der Waals surface area contributed by atoms with Crippen molar-refractivity contribution >= 4 is 29.1 Å². The third kappa shape index (κ3) is 3.73. The monoisotopic (exact) mass is 396 g/mol. The molecule has 7 heteroatoms. The highest BCUT2D eigenvalue weighted by atomic mass is 35.5. The van der Waals surface area contributed by atoms with Crippen molar-refractivity contribution in [2.45, 2.75) is 32.4 Å². The largest absolute Gasteiger partial charge is 0.350 e. The van der Waals surface area contributed by atoms with Gasteiger partial charge in [0.05, 0.1) is 29.7 Å². The fraction of sp³-hybridized carbons (Fsp3) is 0.286. The highest BCUT2D eigenvalue weighted by molar-refractivity contribution is 6.30. The third-order valence-electron chi connectivity index (χ3n) is 5.13. The quantitative estimate of drug-likeness (QED) is 0.736. The maximum atomic E-state index is 12.6. The molecule has 4 rings (SSSR count). The van der Waals surface area contributed by atoms with Crippen LogP contribution >= 0.6 is 11.6 Å². The van der Waals surface area contributed by atoms with Crippen molar-refractivity contribution in [2.24, 2.45) is 0 Å². The van der Waals surface area contributed by atoms with E-state index in [-0.39, 0.29) is 24.3 Å². The van der Waals surface area contributed by atoms with Gasteiger partial charge in [-0.05, 0) is 29.7 Å². The summed E-state index contributed by atoms with van der Waals surface area (Å²) in [7, 11) is 0. The second kappa shape index (κ2) is 7.64. The van der Waals surface area contributed by atoms with Crippen LogP contribution in [-0.2, 0) is 22.6 Å². The molecule has 28 heavy (non-hydrogen) atoms. The SMILES string of the molecule is CC(=O)N1CCc2ccccc2C1CC(=O)NCc1cn2cc(Cl)ccc2n1.